The molecule has 2 nitrogen and oxygen atoms in total. The topological polar surface area (TPSA) is 29.3 Å². The molecule has 0 saturated heterocycles. The van der Waals surface area contributed by atoms with E-state index in [-0.39, 0.29) is 18.4 Å². The summed E-state index contributed by atoms with van der Waals surface area (Å²) in [7, 11) is 2.05. The monoisotopic (exact) mass is 264 g/mol. The molecule has 5 heteroatoms. The molecule has 0 spiro atoms. The third-order valence-electron chi connectivity index (χ3n) is 5.13. The molecule has 18 heavy (non-hydrogen) atoms. The molecule has 0 unspecified atom stereocenters. The van der Waals surface area contributed by atoms with Crippen LogP contribution in [0.2, 0.25) is 0 Å². The Hall–Kier alpha value is -0.290. The first-order valence-electron chi connectivity index (χ1n) is 6.89. The fourth-order valence-electron chi connectivity index (χ4n) is 3.34. The van der Waals surface area contributed by atoms with Crippen molar-refractivity contribution in [2.24, 2.45) is 11.7 Å². The summed E-state index contributed by atoms with van der Waals surface area (Å²) in [6.07, 6.45) is 1.18. The van der Waals surface area contributed by atoms with Crippen molar-refractivity contribution < 1.29 is 13.2 Å². The summed E-state index contributed by atoms with van der Waals surface area (Å²) in [5, 5.41) is 0. The smallest absolute Gasteiger partial charge is 0.329 e. The highest BCUT2D eigenvalue weighted by atomic mass is 19.4. The summed E-state index contributed by atoms with van der Waals surface area (Å²) < 4.78 is 38.1. The van der Waals surface area contributed by atoms with Crippen LogP contribution in [-0.2, 0) is 0 Å². The maximum absolute atomic E-state index is 12.7. The van der Waals surface area contributed by atoms with Gasteiger partial charge in [-0.1, -0.05) is 6.42 Å². The normalized spacial score (nSPS) is 34.7. The molecule has 2 fully saturated rings. The van der Waals surface area contributed by atoms with E-state index < -0.39 is 12.1 Å². The predicted octanol–water partition coefficient (Wildman–Crippen LogP) is 2.92. The van der Waals surface area contributed by atoms with E-state index in [1.54, 1.807) is 0 Å². The average Bonchev–Trinajstić information content (AvgIpc) is 2.25. The maximum atomic E-state index is 12.7. The lowest BCUT2D eigenvalue weighted by Gasteiger charge is -2.51. The SMILES string of the molecule is CN(C1CCC1)C1(CN)CCC(C(F)(F)F)CC1. The molecule has 2 aliphatic carbocycles. The zero-order valence-corrected chi connectivity index (χ0v) is 11.0. The van der Waals surface area contributed by atoms with Gasteiger partial charge >= 0.3 is 6.18 Å². The van der Waals surface area contributed by atoms with Crippen LogP contribution in [-0.4, -0.2) is 36.2 Å². The molecule has 2 aliphatic rings. The standard InChI is InChI=1S/C13H23F3N2/c1-18(11-3-2-4-11)12(9-17)7-5-10(6-8-12)13(14,15)16/h10-11H,2-9,17H2,1H3. The molecule has 2 rings (SSSR count). The van der Waals surface area contributed by atoms with E-state index in [0.717, 1.165) is 0 Å². The van der Waals surface area contributed by atoms with Crippen LogP contribution in [0.5, 0.6) is 0 Å². The van der Waals surface area contributed by atoms with Gasteiger partial charge in [-0.15, -0.1) is 0 Å². The first kappa shape index (κ1) is 14.1. The highest BCUT2D eigenvalue weighted by molar-refractivity contribution is 4.99. The quantitative estimate of drug-likeness (QED) is 0.849. The average molecular weight is 264 g/mol. The molecular weight excluding hydrogens is 241 g/mol. The zero-order chi connectivity index (χ0) is 13.4. The van der Waals surface area contributed by atoms with Crippen LogP contribution in [0.4, 0.5) is 13.2 Å². The molecule has 0 aromatic heterocycles. The molecular formula is C13H23F3N2. The molecule has 0 bridgehead atoms. The van der Waals surface area contributed by atoms with E-state index in [0.29, 0.717) is 25.4 Å². The lowest BCUT2D eigenvalue weighted by molar-refractivity contribution is -0.189. The lowest BCUT2D eigenvalue weighted by Crippen LogP contribution is -2.59. The van der Waals surface area contributed by atoms with E-state index in [1.165, 1.54) is 19.3 Å². The van der Waals surface area contributed by atoms with Gasteiger partial charge in [-0.2, -0.15) is 13.2 Å². The number of likely N-dealkylation sites (N-methyl/N-ethyl adjacent to an activating group) is 1. The van der Waals surface area contributed by atoms with Crippen molar-refractivity contribution in [3.05, 3.63) is 0 Å². The van der Waals surface area contributed by atoms with Crippen LogP contribution in [0, 0.1) is 5.92 Å². The van der Waals surface area contributed by atoms with E-state index in [4.69, 9.17) is 5.73 Å². The number of halogens is 3. The summed E-state index contributed by atoms with van der Waals surface area (Å²) in [5.74, 6) is -1.12. The Balaban J connectivity index is 1.99. The molecule has 0 radical (unpaired) electrons. The summed E-state index contributed by atoms with van der Waals surface area (Å²) in [6.45, 7) is 0.477. The van der Waals surface area contributed by atoms with E-state index >= 15 is 0 Å². The molecule has 0 amide bonds. The van der Waals surface area contributed by atoms with E-state index in [9.17, 15) is 13.2 Å². The fourth-order valence-corrected chi connectivity index (χ4v) is 3.34. The van der Waals surface area contributed by atoms with Gasteiger partial charge in [0.15, 0.2) is 0 Å². The van der Waals surface area contributed by atoms with Gasteiger partial charge in [0.25, 0.3) is 0 Å². The molecule has 2 N–H and O–H groups in total. The second-order valence-electron chi connectivity index (χ2n) is 5.94. The van der Waals surface area contributed by atoms with Crippen LogP contribution in [0.3, 0.4) is 0 Å². The third-order valence-corrected chi connectivity index (χ3v) is 5.13. The van der Waals surface area contributed by atoms with Crippen molar-refractivity contribution in [1.82, 2.24) is 4.90 Å². The van der Waals surface area contributed by atoms with Crippen molar-refractivity contribution in [3.8, 4) is 0 Å². The second-order valence-corrected chi connectivity index (χ2v) is 5.94. The molecule has 0 atom stereocenters. The molecule has 0 aromatic carbocycles. The Bertz CT molecular complexity index is 278. The van der Waals surface area contributed by atoms with Crippen LogP contribution < -0.4 is 5.73 Å². The Kier molecular flexibility index (Phi) is 3.93. The Morgan fingerprint density at radius 3 is 2.06 bits per heavy atom. The molecule has 2 saturated carbocycles. The molecule has 0 heterocycles. The Morgan fingerprint density at radius 2 is 1.72 bits per heavy atom. The van der Waals surface area contributed by atoms with E-state index in [2.05, 4.69) is 4.90 Å². The lowest BCUT2D eigenvalue weighted by atomic mass is 9.73. The van der Waals surface area contributed by atoms with E-state index in [1.807, 2.05) is 7.05 Å². The zero-order valence-electron chi connectivity index (χ0n) is 11.0. The summed E-state index contributed by atoms with van der Waals surface area (Å²) >= 11 is 0. The predicted molar refractivity (Wildman–Crippen MR) is 65.2 cm³/mol. The number of nitrogens with zero attached hydrogens (tertiary/aromatic N) is 1. The van der Waals surface area contributed by atoms with Crippen LogP contribution >= 0.6 is 0 Å². The fraction of sp³-hybridized carbons (Fsp3) is 1.00. The minimum Gasteiger partial charge on any atom is -0.329 e. The highest BCUT2D eigenvalue weighted by Crippen LogP contribution is 2.44. The van der Waals surface area contributed by atoms with Crippen molar-refractivity contribution in [2.45, 2.75) is 62.7 Å². The first-order chi connectivity index (χ1) is 8.39. The minimum absolute atomic E-state index is 0.188. The molecule has 0 aromatic rings. The van der Waals surface area contributed by atoms with Crippen molar-refractivity contribution >= 4 is 0 Å². The summed E-state index contributed by atoms with van der Waals surface area (Å²) in [5.41, 5.74) is 5.70. The van der Waals surface area contributed by atoms with Crippen LogP contribution in [0.25, 0.3) is 0 Å². The maximum Gasteiger partial charge on any atom is 0.391 e. The van der Waals surface area contributed by atoms with Crippen molar-refractivity contribution in [2.75, 3.05) is 13.6 Å². The number of hydrogen-bond acceptors (Lipinski definition) is 2. The van der Waals surface area contributed by atoms with Gasteiger partial charge in [0, 0.05) is 18.1 Å². The van der Waals surface area contributed by atoms with Gasteiger partial charge in [-0.3, -0.25) is 4.90 Å². The Morgan fingerprint density at radius 1 is 1.17 bits per heavy atom. The first-order valence-corrected chi connectivity index (χ1v) is 6.89. The number of hydrogen-bond donors (Lipinski definition) is 1. The van der Waals surface area contributed by atoms with Crippen molar-refractivity contribution in [3.63, 3.8) is 0 Å². The number of alkyl halides is 3. The largest absolute Gasteiger partial charge is 0.391 e. The van der Waals surface area contributed by atoms with Crippen molar-refractivity contribution in [1.29, 1.82) is 0 Å². The van der Waals surface area contributed by atoms with Crippen LogP contribution in [0.15, 0.2) is 0 Å². The summed E-state index contributed by atoms with van der Waals surface area (Å²) in [4.78, 5) is 2.28. The van der Waals surface area contributed by atoms with Gasteiger partial charge in [-0.05, 0) is 45.6 Å². The van der Waals surface area contributed by atoms with Gasteiger partial charge in [0.05, 0.1) is 5.92 Å². The molecule has 0 aliphatic heterocycles. The summed E-state index contributed by atoms with van der Waals surface area (Å²) in [6, 6.07) is 0.538. The van der Waals surface area contributed by atoms with Gasteiger partial charge in [-0.25, -0.2) is 0 Å². The number of rotatable bonds is 3. The molecule has 106 valence electrons. The minimum atomic E-state index is -4.03. The van der Waals surface area contributed by atoms with Gasteiger partial charge in [0.2, 0.25) is 0 Å². The van der Waals surface area contributed by atoms with Gasteiger partial charge < -0.3 is 5.73 Å². The third kappa shape index (κ3) is 2.52. The highest BCUT2D eigenvalue weighted by Gasteiger charge is 2.48. The number of nitrogens with two attached hydrogens (primary N) is 1. The van der Waals surface area contributed by atoms with Gasteiger partial charge in [0.1, 0.15) is 0 Å². The van der Waals surface area contributed by atoms with Crippen LogP contribution in [0.1, 0.15) is 44.9 Å². The second kappa shape index (κ2) is 5.00. The Labute approximate surface area is 107 Å².